The summed E-state index contributed by atoms with van der Waals surface area (Å²) in [6.07, 6.45) is 1.24. The van der Waals surface area contributed by atoms with Gasteiger partial charge in [-0.3, -0.25) is 4.31 Å². The average molecular weight is 321 g/mol. The van der Waals surface area contributed by atoms with Gasteiger partial charge in [0.2, 0.25) is 10.0 Å². The Labute approximate surface area is 128 Å². The summed E-state index contributed by atoms with van der Waals surface area (Å²) in [7, 11) is -1.74. The Bertz CT molecular complexity index is 757. The molecule has 3 rings (SSSR count). The third-order valence-electron chi connectivity index (χ3n) is 3.31. The Morgan fingerprint density at radius 3 is 2.38 bits per heavy atom. The summed E-state index contributed by atoms with van der Waals surface area (Å²) < 4.78 is 31.0. The van der Waals surface area contributed by atoms with Crippen LogP contribution in [0.25, 0.3) is 0 Å². The van der Waals surface area contributed by atoms with Crippen LogP contribution in [0.15, 0.2) is 53.4 Å². The maximum atomic E-state index is 12.2. The van der Waals surface area contributed by atoms with Crippen LogP contribution >= 0.6 is 11.8 Å². The molecule has 0 N–H and O–H groups in total. The number of thioether (sulfide) groups is 1. The first-order valence-electron chi connectivity index (χ1n) is 6.40. The fourth-order valence-electron chi connectivity index (χ4n) is 2.36. The number of benzene rings is 2. The second-order valence-electron chi connectivity index (χ2n) is 4.77. The van der Waals surface area contributed by atoms with Crippen molar-refractivity contribution in [2.75, 3.05) is 17.7 Å². The van der Waals surface area contributed by atoms with Crippen LogP contribution in [0.1, 0.15) is 10.9 Å². The van der Waals surface area contributed by atoms with Crippen molar-refractivity contribution in [2.45, 2.75) is 10.3 Å². The molecular weight excluding hydrogens is 306 g/mol. The van der Waals surface area contributed by atoms with E-state index in [0.29, 0.717) is 0 Å². The number of fused-ring (bicyclic) bond motifs is 1. The number of para-hydroxylation sites is 1. The lowest BCUT2D eigenvalue weighted by molar-refractivity contribution is 0.414. The Morgan fingerprint density at radius 2 is 1.76 bits per heavy atom. The van der Waals surface area contributed by atoms with Gasteiger partial charge in [-0.1, -0.05) is 36.0 Å². The van der Waals surface area contributed by atoms with Crippen molar-refractivity contribution in [1.29, 1.82) is 0 Å². The van der Waals surface area contributed by atoms with E-state index in [1.54, 1.807) is 18.9 Å². The molecule has 0 aromatic heterocycles. The molecule has 4 nitrogen and oxygen atoms in total. The van der Waals surface area contributed by atoms with Gasteiger partial charge in [-0.25, -0.2) is 8.42 Å². The monoisotopic (exact) mass is 321 g/mol. The number of nitrogens with zero attached hydrogens (tertiary/aromatic N) is 1. The van der Waals surface area contributed by atoms with Crippen LogP contribution in [0.4, 0.5) is 5.69 Å². The SMILES string of the molecule is COc1ccc([C@@H]2Sc3ccccc3N2S(C)(=O)=O)cc1. The van der Waals surface area contributed by atoms with Crippen molar-refractivity contribution in [2.24, 2.45) is 0 Å². The summed E-state index contributed by atoms with van der Waals surface area (Å²) in [5.74, 6) is 0.755. The van der Waals surface area contributed by atoms with E-state index < -0.39 is 10.0 Å². The summed E-state index contributed by atoms with van der Waals surface area (Å²) in [6, 6.07) is 15.1. The van der Waals surface area contributed by atoms with Crippen LogP contribution in [-0.2, 0) is 10.0 Å². The van der Waals surface area contributed by atoms with Gasteiger partial charge in [-0.15, -0.1) is 0 Å². The number of sulfonamides is 1. The maximum absolute atomic E-state index is 12.2. The largest absolute Gasteiger partial charge is 0.497 e. The van der Waals surface area contributed by atoms with Gasteiger partial charge in [0.05, 0.1) is 19.1 Å². The van der Waals surface area contributed by atoms with Gasteiger partial charge in [0.25, 0.3) is 0 Å². The van der Waals surface area contributed by atoms with Crippen molar-refractivity contribution < 1.29 is 13.2 Å². The van der Waals surface area contributed by atoms with Crippen LogP contribution in [0.3, 0.4) is 0 Å². The topological polar surface area (TPSA) is 46.6 Å². The Hall–Kier alpha value is -1.66. The molecule has 21 heavy (non-hydrogen) atoms. The average Bonchev–Trinajstić information content (AvgIpc) is 2.86. The van der Waals surface area contributed by atoms with Crippen LogP contribution in [0, 0.1) is 0 Å². The minimum absolute atomic E-state index is 0.275. The van der Waals surface area contributed by atoms with Crippen molar-refractivity contribution in [3.05, 3.63) is 54.1 Å². The highest BCUT2D eigenvalue weighted by Crippen LogP contribution is 2.52. The number of anilines is 1. The molecule has 0 radical (unpaired) electrons. The van der Waals surface area contributed by atoms with Crippen LogP contribution in [0.2, 0.25) is 0 Å². The van der Waals surface area contributed by atoms with E-state index in [9.17, 15) is 8.42 Å². The molecule has 110 valence electrons. The summed E-state index contributed by atoms with van der Waals surface area (Å²) in [6.45, 7) is 0. The highest BCUT2D eigenvalue weighted by atomic mass is 32.2. The van der Waals surface area contributed by atoms with E-state index in [4.69, 9.17) is 4.74 Å². The van der Waals surface area contributed by atoms with Crippen molar-refractivity contribution >= 4 is 27.5 Å². The number of hydrogen-bond donors (Lipinski definition) is 0. The van der Waals surface area contributed by atoms with Gasteiger partial charge in [-0.05, 0) is 29.8 Å². The van der Waals surface area contributed by atoms with E-state index >= 15 is 0 Å². The van der Waals surface area contributed by atoms with Crippen LogP contribution in [0.5, 0.6) is 5.75 Å². The molecule has 1 heterocycles. The van der Waals surface area contributed by atoms with Crippen molar-refractivity contribution in [1.82, 2.24) is 0 Å². The van der Waals surface area contributed by atoms with Gasteiger partial charge >= 0.3 is 0 Å². The first-order valence-corrected chi connectivity index (χ1v) is 9.12. The van der Waals surface area contributed by atoms with E-state index in [0.717, 1.165) is 21.9 Å². The molecule has 2 aromatic carbocycles. The first-order chi connectivity index (χ1) is 10.0. The second kappa shape index (κ2) is 5.27. The summed E-state index contributed by atoms with van der Waals surface area (Å²) in [5, 5.41) is -0.275. The molecule has 0 bridgehead atoms. The fourth-order valence-corrected chi connectivity index (χ4v) is 5.19. The van der Waals surface area contributed by atoms with Crippen molar-refractivity contribution in [3.63, 3.8) is 0 Å². The highest BCUT2D eigenvalue weighted by Gasteiger charge is 2.36. The quantitative estimate of drug-likeness (QED) is 0.870. The predicted octanol–water partition coefficient (Wildman–Crippen LogP) is 3.27. The molecule has 0 amide bonds. The Morgan fingerprint density at radius 1 is 1.10 bits per heavy atom. The lowest BCUT2D eigenvalue weighted by atomic mass is 10.2. The maximum Gasteiger partial charge on any atom is 0.233 e. The molecule has 2 aromatic rings. The predicted molar refractivity (Wildman–Crippen MR) is 85.4 cm³/mol. The smallest absolute Gasteiger partial charge is 0.233 e. The van der Waals surface area contributed by atoms with E-state index in [1.807, 2.05) is 48.5 Å². The summed E-state index contributed by atoms with van der Waals surface area (Å²) >= 11 is 1.54. The molecule has 1 aliphatic rings. The second-order valence-corrected chi connectivity index (χ2v) is 7.75. The Balaban J connectivity index is 2.06. The van der Waals surface area contributed by atoms with Crippen molar-refractivity contribution in [3.8, 4) is 5.75 Å². The van der Waals surface area contributed by atoms with Crippen LogP contribution in [-0.4, -0.2) is 21.8 Å². The Kier molecular flexibility index (Phi) is 3.59. The molecule has 6 heteroatoms. The minimum Gasteiger partial charge on any atom is -0.497 e. The van der Waals surface area contributed by atoms with Gasteiger partial charge in [0, 0.05) is 4.90 Å². The normalized spacial score (nSPS) is 17.6. The molecule has 0 unspecified atom stereocenters. The van der Waals surface area contributed by atoms with Gasteiger partial charge in [0.1, 0.15) is 11.1 Å². The van der Waals surface area contributed by atoms with E-state index in [2.05, 4.69) is 0 Å². The zero-order valence-corrected chi connectivity index (χ0v) is 13.3. The molecular formula is C15H15NO3S2. The molecule has 0 spiro atoms. The first kappa shape index (κ1) is 14.3. The third kappa shape index (κ3) is 2.61. The lowest BCUT2D eigenvalue weighted by Crippen LogP contribution is -2.29. The fraction of sp³-hybridized carbons (Fsp3) is 0.200. The number of hydrogen-bond acceptors (Lipinski definition) is 4. The zero-order valence-electron chi connectivity index (χ0n) is 11.7. The summed E-state index contributed by atoms with van der Waals surface area (Å²) in [5.41, 5.74) is 1.67. The van der Waals surface area contributed by atoms with Gasteiger partial charge in [0.15, 0.2) is 0 Å². The summed E-state index contributed by atoms with van der Waals surface area (Å²) in [4.78, 5) is 0.976. The molecule has 0 saturated heterocycles. The molecule has 1 aliphatic heterocycles. The van der Waals surface area contributed by atoms with Gasteiger partial charge < -0.3 is 4.74 Å². The number of methoxy groups -OCH3 is 1. The standard InChI is InChI=1S/C15H15NO3S2/c1-19-12-9-7-11(8-10-12)15-16(21(2,17)18)13-5-3-4-6-14(13)20-15/h3-10,15H,1-2H3/t15-/m0/s1. The van der Waals surface area contributed by atoms with Gasteiger partial charge in [-0.2, -0.15) is 0 Å². The molecule has 1 atom stereocenters. The zero-order chi connectivity index (χ0) is 15.0. The molecule has 0 fully saturated rings. The molecule has 0 aliphatic carbocycles. The van der Waals surface area contributed by atoms with E-state index in [-0.39, 0.29) is 5.37 Å². The minimum atomic E-state index is -3.35. The lowest BCUT2D eigenvalue weighted by Gasteiger charge is -2.24. The van der Waals surface area contributed by atoms with E-state index in [1.165, 1.54) is 10.6 Å². The van der Waals surface area contributed by atoms with Crippen LogP contribution < -0.4 is 9.04 Å². The number of rotatable bonds is 3. The highest BCUT2D eigenvalue weighted by molar-refractivity contribution is 8.02. The number of ether oxygens (including phenoxy) is 1. The molecule has 0 saturated carbocycles. The third-order valence-corrected chi connectivity index (χ3v) is 5.87.